The number of carboxylic acid groups (broad SMARTS) is 1. The fraction of sp³-hybridized carbons (Fsp3) is 0.291. The Morgan fingerprint density at radius 1 is 0.317 bits per heavy atom. The van der Waals surface area contributed by atoms with Gasteiger partial charge in [-0.1, -0.05) is 136 Å². The van der Waals surface area contributed by atoms with Gasteiger partial charge in [0.25, 0.3) is 0 Å². The third-order valence-electron chi connectivity index (χ3n) is 14.8. The molecule has 0 bridgehead atoms. The van der Waals surface area contributed by atoms with Crippen LogP contribution in [0.5, 0.6) is 0 Å². The van der Waals surface area contributed by atoms with Crippen LogP contribution in [0.2, 0.25) is 51.4 Å². The third-order valence-corrected chi connectivity index (χ3v) is 22.5. The molecule has 1 N–H and O–H groups in total. The lowest BCUT2D eigenvalue weighted by Crippen LogP contribution is -2.23. The second kappa shape index (κ2) is 41.3. The summed E-state index contributed by atoms with van der Waals surface area (Å²) >= 11 is 6.35. The number of thioether (sulfide) groups is 4. The van der Waals surface area contributed by atoms with Crippen LogP contribution in [0.1, 0.15) is 127 Å². The second-order valence-electron chi connectivity index (χ2n) is 25.4. The van der Waals surface area contributed by atoms with Crippen molar-refractivity contribution < 1.29 is 76.6 Å². The van der Waals surface area contributed by atoms with Gasteiger partial charge in [0.15, 0.2) is 0 Å². The molecule has 8 rings (SSSR count). The largest absolute Gasteiger partial charge is 0.478 e. The Hall–Kier alpha value is -8.65. The maximum Gasteiger partial charge on any atom is 0.339 e. The molecule has 0 fully saturated rings. The molecule has 0 aliphatic carbocycles. The molecule has 0 radical (unpaired) electrons. The van der Waals surface area contributed by atoms with Crippen molar-refractivity contribution >= 4 is 111 Å². The maximum absolute atomic E-state index is 12.9. The van der Waals surface area contributed by atoms with E-state index >= 15 is 0 Å². The van der Waals surface area contributed by atoms with Gasteiger partial charge in [0.2, 0.25) is 0 Å². The predicted molar refractivity (Wildman–Crippen MR) is 409 cm³/mol. The summed E-state index contributed by atoms with van der Waals surface area (Å²) in [6.07, 6.45) is 0. The molecule has 0 aliphatic heterocycles. The van der Waals surface area contributed by atoms with Gasteiger partial charge in [0, 0.05) is 58.7 Å². The summed E-state index contributed by atoms with van der Waals surface area (Å²) in [5.41, 5.74) is 8.25. The van der Waals surface area contributed by atoms with E-state index in [2.05, 4.69) is 39.3 Å². The summed E-state index contributed by atoms with van der Waals surface area (Å²) in [6, 6.07) is 55.4. The van der Waals surface area contributed by atoms with Gasteiger partial charge >= 0.3 is 47.8 Å². The van der Waals surface area contributed by atoms with E-state index in [-0.39, 0.29) is 33.4 Å². The molecule has 0 heterocycles. The first-order chi connectivity index (χ1) is 48.0. The number of esters is 7. The standard InChI is InChI=1S/2C22H28O4SSi.C18H18O4S.C17H16O4S/c1-16-13-17(15-27-18-9-7-6-8-10-18)20(22(24)25-2)19(14-16)21(23)26-11-12-28(3,4)5;1-16-13-17(15-27-18-9-7-6-8-10-18)20(19(14-16)21(23)25-2)22(24)26-11-12-28(3,4)5;1-12-9-13(11-23-14-7-5-4-6-8-14)16(18(20)22-3)15(10-12)17(19)21-2;1-11-8-12(10-22-13-6-4-3-5-7-13)15(16(18)19)14(9-11)17(20)21-2/h2*6-10,13-14H,11-12,15H2,1-5H3;4-10H,11H2,1-3H3;3-9H,10H2,1-2H3,(H,18,19). The Labute approximate surface area is 612 Å². The Balaban J connectivity index is 0.000000244. The average molecular weight is 1480 g/mol. The Kier molecular flexibility index (Phi) is 34.0. The van der Waals surface area contributed by atoms with Gasteiger partial charge in [-0.3, -0.25) is 0 Å². The topological polar surface area (TPSA) is 221 Å². The molecule has 0 aromatic heterocycles. The number of rotatable bonds is 26. The van der Waals surface area contributed by atoms with Crippen molar-refractivity contribution in [3.05, 3.63) is 259 Å². The van der Waals surface area contributed by atoms with Gasteiger partial charge < -0.3 is 38.3 Å². The van der Waals surface area contributed by atoms with Crippen molar-refractivity contribution in [1.29, 1.82) is 0 Å². The summed E-state index contributed by atoms with van der Waals surface area (Å²) in [7, 11) is 3.86. The van der Waals surface area contributed by atoms with E-state index < -0.39 is 63.9 Å². The smallest absolute Gasteiger partial charge is 0.339 e. The van der Waals surface area contributed by atoms with Crippen molar-refractivity contribution in [3.8, 4) is 0 Å². The van der Waals surface area contributed by atoms with Crippen LogP contribution in [-0.4, -0.2) is 118 Å². The minimum atomic E-state index is -1.32. The molecule has 0 amide bonds. The van der Waals surface area contributed by atoms with Crippen LogP contribution >= 0.6 is 47.0 Å². The monoisotopic (exact) mass is 1480 g/mol. The van der Waals surface area contributed by atoms with Gasteiger partial charge in [-0.05, 0) is 157 Å². The average Bonchev–Trinajstić information content (AvgIpc) is 0.824. The fourth-order valence-electron chi connectivity index (χ4n) is 9.82. The van der Waals surface area contributed by atoms with Crippen molar-refractivity contribution in [2.75, 3.05) is 48.8 Å². The first kappa shape index (κ1) is 83.0. The number of carboxylic acids is 1. The van der Waals surface area contributed by atoms with Gasteiger partial charge in [0.1, 0.15) is 0 Å². The molecular weight excluding hydrogens is 1390 g/mol. The van der Waals surface area contributed by atoms with Gasteiger partial charge in [0.05, 0.1) is 93.3 Å². The van der Waals surface area contributed by atoms with E-state index in [1.54, 1.807) is 65.6 Å². The van der Waals surface area contributed by atoms with Crippen molar-refractivity contribution in [1.82, 2.24) is 0 Å². The SMILES string of the molecule is COC(=O)c1c(CSc2ccccc2)cc(C)cc1C(=O)OCC[Si](C)(C)C.COC(=O)c1cc(C)cc(CSc2ccccc2)c1C(=O)O.COC(=O)c1cc(C)cc(CSc2ccccc2)c1C(=O)OC.COC(=O)c1cc(C)cc(CSc2ccccc2)c1C(=O)OCC[Si](C)(C)C. The highest BCUT2D eigenvalue weighted by Crippen LogP contribution is 2.33. The quantitative estimate of drug-likeness (QED) is 0.0230. The molecule has 101 heavy (non-hydrogen) atoms. The van der Waals surface area contributed by atoms with Crippen LogP contribution in [0.3, 0.4) is 0 Å². The number of ether oxygens (including phenoxy) is 7. The van der Waals surface area contributed by atoms with Gasteiger partial charge in [-0.15, -0.1) is 47.0 Å². The summed E-state index contributed by atoms with van der Waals surface area (Å²) in [6.45, 7) is 21.6. The van der Waals surface area contributed by atoms with Crippen LogP contribution in [0.4, 0.5) is 0 Å². The normalized spacial score (nSPS) is 10.8. The van der Waals surface area contributed by atoms with E-state index in [9.17, 15) is 43.5 Å². The highest BCUT2D eigenvalue weighted by atomic mass is 32.2. The molecule has 22 heteroatoms. The number of aryl methyl sites for hydroxylation is 4. The first-order valence-electron chi connectivity index (χ1n) is 32.3. The first-order valence-corrected chi connectivity index (χ1v) is 43.6. The van der Waals surface area contributed by atoms with E-state index in [1.807, 2.05) is 167 Å². The molecule has 0 aliphatic rings. The van der Waals surface area contributed by atoms with Crippen LogP contribution in [0.15, 0.2) is 189 Å². The third kappa shape index (κ3) is 27.3. The molecule has 0 saturated carbocycles. The molecule has 0 atom stereocenters. The Bertz CT molecular complexity index is 4120. The van der Waals surface area contributed by atoms with Crippen LogP contribution in [0, 0.1) is 27.7 Å². The lowest BCUT2D eigenvalue weighted by atomic mass is 9.99. The molecular formula is C79H90O16S4Si2. The van der Waals surface area contributed by atoms with Gasteiger partial charge in [-0.2, -0.15) is 0 Å². The number of methoxy groups -OCH3 is 5. The van der Waals surface area contributed by atoms with E-state index in [0.717, 1.165) is 70.6 Å². The van der Waals surface area contributed by atoms with Crippen LogP contribution in [0.25, 0.3) is 0 Å². The van der Waals surface area contributed by atoms with Gasteiger partial charge in [-0.25, -0.2) is 38.4 Å². The molecule has 8 aromatic rings. The summed E-state index contributed by atoms with van der Waals surface area (Å²) in [5, 5.41) is 9.46. The Morgan fingerprint density at radius 2 is 0.545 bits per heavy atom. The highest BCUT2D eigenvalue weighted by molar-refractivity contribution is 7.99. The maximum atomic E-state index is 12.9. The molecule has 0 saturated heterocycles. The number of benzene rings is 8. The number of hydrogen-bond acceptors (Lipinski definition) is 19. The van der Waals surface area contributed by atoms with E-state index in [1.165, 1.54) is 47.3 Å². The van der Waals surface area contributed by atoms with E-state index in [4.69, 9.17) is 33.2 Å². The summed E-state index contributed by atoms with van der Waals surface area (Å²) < 4.78 is 35.3. The molecule has 8 aromatic carbocycles. The molecule has 0 spiro atoms. The molecule has 534 valence electrons. The zero-order valence-corrected chi connectivity index (χ0v) is 65.3. The van der Waals surface area contributed by atoms with Crippen molar-refractivity contribution in [3.63, 3.8) is 0 Å². The summed E-state index contributed by atoms with van der Waals surface area (Å²) in [5.74, 6) is -2.63. The fourth-order valence-corrected chi connectivity index (χ4v) is 14.8. The number of hydrogen-bond donors (Lipinski definition) is 1. The predicted octanol–water partition coefficient (Wildman–Crippen LogP) is 18.8. The summed E-state index contributed by atoms with van der Waals surface area (Å²) in [4.78, 5) is 102. The van der Waals surface area contributed by atoms with Crippen LogP contribution in [-0.2, 0) is 56.2 Å². The number of aromatic carboxylic acids is 1. The van der Waals surface area contributed by atoms with Crippen LogP contribution < -0.4 is 0 Å². The molecule has 16 nitrogen and oxygen atoms in total. The lowest BCUT2D eigenvalue weighted by molar-refractivity contribution is 0.0499. The zero-order valence-electron chi connectivity index (χ0n) is 60.0. The van der Waals surface area contributed by atoms with Crippen molar-refractivity contribution in [2.24, 2.45) is 0 Å². The second-order valence-corrected chi connectivity index (χ2v) is 40.9. The highest BCUT2D eigenvalue weighted by Gasteiger charge is 2.28. The minimum absolute atomic E-state index is 0.0147. The zero-order chi connectivity index (χ0) is 74.4. The molecule has 0 unspecified atom stereocenters. The van der Waals surface area contributed by atoms with Crippen molar-refractivity contribution in [2.45, 2.75) is 122 Å². The minimum Gasteiger partial charge on any atom is -0.478 e. The lowest BCUT2D eigenvalue weighted by Gasteiger charge is -2.17. The number of carbonyl (C=O) groups is 8. The Morgan fingerprint density at radius 3 is 0.792 bits per heavy atom. The number of carbonyl (C=O) groups excluding carboxylic acids is 7. The van der Waals surface area contributed by atoms with E-state index in [0.29, 0.717) is 52.9 Å².